The molecule has 1 aliphatic rings. The van der Waals surface area contributed by atoms with Gasteiger partial charge < -0.3 is 5.11 Å². The standard InChI is InChI=1S/C11H15NO/c1-9(12-7-11(12)8-13)10-5-3-2-4-6-10/h2-6,9,11,13H,7-8H2,1H3/t9?,11-,12-/m1/s1. The number of aliphatic hydroxyl groups excluding tert-OH is 1. The maximum absolute atomic E-state index is 8.93. The summed E-state index contributed by atoms with van der Waals surface area (Å²) in [6.07, 6.45) is 0. The lowest BCUT2D eigenvalue weighted by Gasteiger charge is -2.13. The van der Waals surface area contributed by atoms with E-state index in [0.29, 0.717) is 12.1 Å². The van der Waals surface area contributed by atoms with Gasteiger partial charge in [0.2, 0.25) is 0 Å². The van der Waals surface area contributed by atoms with Crippen LogP contribution in [-0.4, -0.2) is 29.2 Å². The molecule has 1 aromatic rings. The van der Waals surface area contributed by atoms with Crippen LogP contribution in [0.25, 0.3) is 0 Å². The van der Waals surface area contributed by atoms with E-state index in [2.05, 4.69) is 36.1 Å². The van der Waals surface area contributed by atoms with Crippen LogP contribution in [0.5, 0.6) is 0 Å². The van der Waals surface area contributed by atoms with Crippen molar-refractivity contribution in [1.82, 2.24) is 4.90 Å². The summed E-state index contributed by atoms with van der Waals surface area (Å²) < 4.78 is 0. The Morgan fingerprint density at radius 2 is 2.15 bits per heavy atom. The zero-order chi connectivity index (χ0) is 9.26. The van der Waals surface area contributed by atoms with Gasteiger partial charge in [-0.15, -0.1) is 0 Å². The van der Waals surface area contributed by atoms with Crippen LogP contribution in [0.15, 0.2) is 30.3 Å². The SMILES string of the molecule is CC(c1ccccc1)[N@@]1C[C@@H]1CO. The van der Waals surface area contributed by atoms with Crippen molar-refractivity contribution in [1.29, 1.82) is 0 Å². The highest BCUT2D eigenvalue weighted by atomic mass is 16.3. The molecular weight excluding hydrogens is 162 g/mol. The average molecular weight is 177 g/mol. The van der Waals surface area contributed by atoms with E-state index in [1.807, 2.05) is 6.07 Å². The second-order valence-corrected chi connectivity index (χ2v) is 3.62. The van der Waals surface area contributed by atoms with Gasteiger partial charge in [-0.05, 0) is 12.5 Å². The Morgan fingerprint density at radius 3 is 2.69 bits per heavy atom. The first-order valence-corrected chi connectivity index (χ1v) is 4.74. The largest absolute Gasteiger partial charge is 0.395 e. The third-order valence-electron chi connectivity index (χ3n) is 2.75. The Kier molecular flexibility index (Phi) is 2.34. The molecule has 2 nitrogen and oxygen atoms in total. The zero-order valence-corrected chi connectivity index (χ0v) is 7.85. The van der Waals surface area contributed by atoms with E-state index in [0.717, 1.165) is 6.54 Å². The van der Waals surface area contributed by atoms with E-state index in [1.165, 1.54) is 5.56 Å². The van der Waals surface area contributed by atoms with Gasteiger partial charge in [-0.2, -0.15) is 0 Å². The predicted molar refractivity (Wildman–Crippen MR) is 52.4 cm³/mol. The van der Waals surface area contributed by atoms with Crippen molar-refractivity contribution in [2.75, 3.05) is 13.2 Å². The van der Waals surface area contributed by atoms with Crippen molar-refractivity contribution >= 4 is 0 Å². The summed E-state index contributed by atoms with van der Waals surface area (Å²) in [4.78, 5) is 2.30. The van der Waals surface area contributed by atoms with Crippen LogP contribution < -0.4 is 0 Å². The fourth-order valence-corrected chi connectivity index (χ4v) is 1.76. The highest BCUT2D eigenvalue weighted by molar-refractivity contribution is 5.20. The lowest BCUT2D eigenvalue weighted by Crippen LogP contribution is -2.10. The molecule has 0 aliphatic carbocycles. The minimum Gasteiger partial charge on any atom is -0.395 e. The highest BCUT2D eigenvalue weighted by Gasteiger charge is 2.37. The van der Waals surface area contributed by atoms with Crippen LogP contribution in [-0.2, 0) is 0 Å². The lowest BCUT2D eigenvalue weighted by molar-refractivity contribution is 0.259. The molecule has 2 heteroatoms. The van der Waals surface area contributed by atoms with E-state index >= 15 is 0 Å². The smallest absolute Gasteiger partial charge is 0.0599 e. The fraction of sp³-hybridized carbons (Fsp3) is 0.455. The van der Waals surface area contributed by atoms with Gasteiger partial charge in [0.05, 0.1) is 6.61 Å². The van der Waals surface area contributed by atoms with Crippen molar-refractivity contribution < 1.29 is 5.11 Å². The van der Waals surface area contributed by atoms with Gasteiger partial charge in [0.25, 0.3) is 0 Å². The van der Waals surface area contributed by atoms with Crippen molar-refractivity contribution in [3.05, 3.63) is 35.9 Å². The molecule has 2 rings (SSSR count). The Balaban J connectivity index is 2.03. The molecule has 1 aromatic carbocycles. The number of hydrogen-bond acceptors (Lipinski definition) is 2. The van der Waals surface area contributed by atoms with Gasteiger partial charge in [0.1, 0.15) is 0 Å². The molecule has 0 aromatic heterocycles. The first kappa shape index (κ1) is 8.73. The topological polar surface area (TPSA) is 23.2 Å². The van der Waals surface area contributed by atoms with E-state index in [4.69, 9.17) is 5.11 Å². The molecule has 0 spiro atoms. The number of hydrogen-bond donors (Lipinski definition) is 1. The number of benzene rings is 1. The minimum atomic E-state index is 0.289. The molecule has 1 heterocycles. The number of nitrogens with zero attached hydrogens (tertiary/aromatic N) is 1. The van der Waals surface area contributed by atoms with E-state index in [1.54, 1.807) is 0 Å². The molecule has 13 heavy (non-hydrogen) atoms. The number of rotatable bonds is 3. The highest BCUT2D eigenvalue weighted by Crippen LogP contribution is 2.30. The van der Waals surface area contributed by atoms with Gasteiger partial charge in [0.15, 0.2) is 0 Å². The van der Waals surface area contributed by atoms with Crippen LogP contribution >= 0.6 is 0 Å². The van der Waals surface area contributed by atoms with Crippen LogP contribution in [0.4, 0.5) is 0 Å². The Hall–Kier alpha value is -0.860. The second kappa shape index (κ2) is 3.48. The van der Waals surface area contributed by atoms with Gasteiger partial charge in [-0.1, -0.05) is 30.3 Å². The summed E-state index contributed by atoms with van der Waals surface area (Å²) in [6, 6.07) is 11.3. The Bertz CT molecular complexity index is 273. The third-order valence-corrected chi connectivity index (χ3v) is 2.75. The summed E-state index contributed by atoms with van der Waals surface area (Å²) in [6.45, 7) is 3.51. The maximum Gasteiger partial charge on any atom is 0.0599 e. The van der Waals surface area contributed by atoms with E-state index in [-0.39, 0.29) is 6.61 Å². The summed E-state index contributed by atoms with van der Waals surface area (Å²) >= 11 is 0. The van der Waals surface area contributed by atoms with Gasteiger partial charge in [0, 0.05) is 18.6 Å². The average Bonchev–Trinajstić information content (AvgIpc) is 2.97. The molecule has 1 N–H and O–H groups in total. The van der Waals surface area contributed by atoms with Crippen LogP contribution in [0, 0.1) is 0 Å². The second-order valence-electron chi connectivity index (χ2n) is 3.62. The molecule has 1 unspecified atom stereocenters. The quantitative estimate of drug-likeness (QED) is 0.706. The zero-order valence-electron chi connectivity index (χ0n) is 7.85. The summed E-state index contributed by atoms with van der Waals surface area (Å²) in [5.41, 5.74) is 1.33. The summed E-state index contributed by atoms with van der Waals surface area (Å²) in [5, 5.41) is 8.93. The molecule has 0 bridgehead atoms. The molecule has 3 atom stereocenters. The molecule has 1 aliphatic heterocycles. The van der Waals surface area contributed by atoms with Gasteiger partial charge >= 0.3 is 0 Å². The Labute approximate surface area is 78.8 Å². The normalized spacial score (nSPS) is 28.5. The molecule has 0 saturated carbocycles. The van der Waals surface area contributed by atoms with Crippen molar-refractivity contribution in [3.63, 3.8) is 0 Å². The third kappa shape index (κ3) is 1.74. The first-order valence-electron chi connectivity index (χ1n) is 4.74. The minimum absolute atomic E-state index is 0.289. The van der Waals surface area contributed by atoms with Gasteiger partial charge in [-0.25, -0.2) is 0 Å². The summed E-state index contributed by atoms with van der Waals surface area (Å²) in [7, 11) is 0. The monoisotopic (exact) mass is 177 g/mol. The lowest BCUT2D eigenvalue weighted by atomic mass is 10.1. The number of aliphatic hydroxyl groups is 1. The molecule has 0 radical (unpaired) electrons. The molecule has 1 fully saturated rings. The van der Waals surface area contributed by atoms with E-state index in [9.17, 15) is 0 Å². The molecule has 70 valence electrons. The van der Waals surface area contributed by atoms with Gasteiger partial charge in [-0.3, -0.25) is 4.90 Å². The van der Waals surface area contributed by atoms with Crippen LogP contribution in [0.3, 0.4) is 0 Å². The Morgan fingerprint density at radius 1 is 1.46 bits per heavy atom. The molecule has 0 amide bonds. The molecule has 1 saturated heterocycles. The first-order chi connectivity index (χ1) is 6.33. The van der Waals surface area contributed by atoms with Crippen molar-refractivity contribution in [2.45, 2.75) is 19.0 Å². The fourth-order valence-electron chi connectivity index (χ4n) is 1.76. The van der Waals surface area contributed by atoms with Crippen molar-refractivity contribution in [3.8, 4) is 0 Å². The summed E-state index contributed by atoms with van der Waals surface area (Å²) in [5.74, 6) is 0. The van der Waals surface area contributed by atoms with Crippen LogP contribution in [0.2, 0.25) is 0 Å². The molecular formula is C11H15NO. The van der Waals surface area contributed by atoms with Crippen molar-refractivity contribution in [2.24, 2.45) is 0 Å². The van der Waals surface area contributed by atoms with Crippen LogP contribution in [0.1, 0.15) is 18.5 Å². The maximum atomic E-state index is 8.93. The van der Waals surface area contributed by atoms with E-state index < -0.39 is 0 Å². The predicted octanol–water partition coefficient (Wildman–Crippen LogP) is 1.42.